The Hall–Kier alpha value is -0.390. The van der Waals surface area contributed by atoms with E-state index in [0.29, 0.717) is 23.3 Å². The molecule has 1 fully saturated rings. The number of nitrogens with two attached hydrogens (primary N) is 1. The van der Waals surface area contributed by atoms with Crippen molar-refractivity contribution in [1.29, 1.82) is 0 Å². The molecule has 2 rings (SSSR count). The maximum absolute atomic E-state index is 12.3. The number of aliphatic imine (C=N–C) groups is 1. The Kier molecular flexibility index (Phi) is 8.43. The molecule has 9 heteroatoms. The van der Waals surface area contributed by atoms with Gasteiger partial charge in [0.25, 0.3) is 0 Å². The highest BCUT2D eigenvalue weighted by atomic mass is 127. The van der Waals surface area contributed by atoms with Gasteiger partial charge in [0.05, 0.1) is 11.4 Å². The third-order valence-electron chi connectivity index (χ3n) is 3.94. The van der Waals surface area contributed by atoms with Crippen molar-refractivity contribution in [3.8, 4) is 0 Å². The maximum atomic E-state index is 12.3. The SMILES string of the molecule is Cc1cc(S(=O)(=O)NCCN=C(N)N2CCCC(C)C2)c(C)s1.I. The highest BCUT2D eigenvalue weighted by Crippen LogP contribution is 2.24. The molecule has 0 aliphatic carbocycles. The van der Waals surface area contributed by atoms with Crippen LogP contribution in [0.25, 0.3) is 0 Å². The van der Waals surface area contributed by atoms with Gasteiger partial charge in [-0.05, 0) is 38.7 Å². The molecule has 0 saturated carbocycles. The lowest BCUT2D eigenvalue weighted by atomic mass is 10.0. The van der Waals surface area contributed by atoms with Gasteiger partial charge >= 0.3 is 0 Å². The quantitative estimate of drug-likeness (QED) is 0.290. The molecule has 0 spiro atoms. The van der Waals surface area contributed by atoms with Gasteiger partial charge in [0.1, 0.15) is 0 Å². The van der Waals surface area contributed by atoms with Crippen molar-refractivity contribution in [3.05, 3.63) is 15.8 Å². The van der Waals surface area contributed by atoms with Crippen LogP contribution < -0.4 is 10.5 Å². The van der Waals surface area contributed by atoms with Crippen LogP contribution in [0.5, 0.6) is 0 Å². The molecular formula is C15H27IN4O2S2. The summed E-state index contributed by atoms with van der Waals surface area (Å²) in [6.07, 6.45) is 2.35. The molecule has 0 radical (unpaired) electrons. The maximum Gasteiger partial charge on any atom is 0.241 e. The smallest absolute Gasteiger partial charge is 0.241 e. The Labute approximate surface area is 166 Å². The molecule has 1 aromatic rings. The normalized spacial score (nSPS) is 19.2. The summed E-state index contributed by atoms with van der Waals surface area (Å²) in [7, 11) is -3.46. The van der Waals surface area contributed by atoms with Gasteiger partial charge in [-0.3, -0.25) is 4.99 Å². The van der Waals surface area contributed by atoms with Gasteiger partial charge in [0.2, 0.25) is 10.0 Å². The van der Waals surface area contributed by atoms with Crippen molar-refractivity contribution < 1.29 is 8.42 Å². The molecule has 0 amide bonds. The molecule has 0 bridgehead atoms. The lowest BCUT2D eigenvalue weighted by Gasteiger charge is -2.31. The molecule has 138 valence electrons. The van der Waals surface area contributed by atoms with E-state index < -0.39 is 10.0 Å². The summed E-state index contributed by atoms with van der Waals surface area (Å²) in [6.45, 7) is 8.38. The number of halogens is 1. The molecule has 1 aromatic heterocycles. The third-order valence-corrected chi connectivity index (χ3v) is 6.63. The number of sulfonamides is 1. The number of nitrogens with zero attached hydrogens (tertiary/aromatic N) is 2. The van der Waals surface area contributed by atoms with Crippen LogP contribution in [0.15, 0.2) is 16.0 Å². The van der Waals surface area contributed by atoms with Gasteiger partial charge in [0.15, 0.2) is 5.96 Å². The number of hydrogen-bond donors (Lipinski definition) is 2. The lowest BCUT2D eigenvalue weighted by molar-refractivity contribution is 0.270. The van der Waals surface area contributed by atoms with Crippen LogP contribution in [-0.2, 0) is 10.0 Å². The summed E-state index contributed by atoms with van der Waals surface area (Å²) in [6, 6.07) is 1.70. The van der Waals surface area contributed by atoms with Crippen LogP contribution in [0.1, 0.15) is 29.5 Å². The molecule has 0 aromatic carbocycles. The van der Waals surface area contributed by atoms with E-state index in [0.717, 1.165) is 29.3 Å². The first kappa shape index (κ1) is 21.7. The predicted octanol–water partition coefficient (Wildman–Crippen LogP) is 2.31. The fourth-order valence-corrected chi connectivity index (χ4v) is 5.37. The Balaban J connectivity index is 0.00000288. The van der Waals surface area contributed by atoms with Crippen LogP contribution in [-0.4, -0.2) is 45.5 Å². The molecule has 24 heavy (non-hydrogen) atoms. The monoisotopic (exact) mass is 486 g/mol. The zero-order chi connectivity index (χ0) is 17.0. The second-order valence-corrected chi connectivity index (χ2v) is 9.30. The van der Waals surface area contributed by atoms with Crippen LogP contribution >= 0.6 is 35.3 Å². The molecular weight excluding hydrogens is 459 g/mol. The number of rotatable bonds is 5. The Bertz CT molecular complexity index is 673. The van der Waals surface area contributed by atoms with E-state index in [1.165, 1.54) is 17.8 Å². The fourth-order valence-electron chi connectivity index (χ4n) is 2.80. The van der Waals surface area contributed by atoms with E-state index in [9.17, 15) is 8.42 Å². The van der Waals surface area contributed by atoms with Gasteiger partial charge in [-0.1, -0.05) is 6.92 Å². The lowest BCUT2D eigenvalue weighted by Crippen LogP contribution is -2.43. The zero-order valence-corrected chi connectivity index (χ0v) is 18.4. The largest absolute Gasteiger partial charge is 0.370 e. The van der Waals surface area contributed by atoms with E-state index in [1.807, 2.05) is 13.8 Å². The van der Waals surface area contributed by atoms with Gasteiger partial charge < -0.3 is 10.6 Å². The van der Waals surface area contributed by atoms with Crippen LogP contribution in [0.4, 0.5) is 0 Å². The second kappa shape index (κ2) is 9.35. The van der Waals surface area contributed by atoms with Gasteiger partial charge in [-0.25, -0.2) is 13.1 Å². The third kappa shape index (κ3) is 5.85. The summed E-state index contributed by atoms with van der Waals surface area (Å²) in [5.74, 6) is 1.14. The average Bonchev–Trinajstić information content (AvgIpc) is 2.83. The number of aryl methyl sites for hydroxylation is 2. The molecule has 3 N–H and O–H groups in total. The number of hydrogen-bond acceptors (Lipinski definition) is 4. The first-order valence-corrected chi connectivity index (χ1v) is 10.2. The second-order valence-electron chi connectivity index (χ2n) is 6.11. The minimum atomic E-state index is -3.46. The van der Waals surface area contributed by atoms with Gasteiger partial charge in [-0.15, -0.1) is 35.3 Å². The number of nitrogens with one attached hydrogen (secondary N) is 1. The first-order valence-electron chi connectivity index (χ1n) is 7.91. The first-order chi connectivity index (χ1) is 10.8. The Morgan fingerprint density at radius 2 is 2.21 bits per heavy atom. The van der Waals surface area contributed by atoms with Crippen LogP contribution in [0.2, 0.25) is 0 Å². The summed E-state index contributed by atoms with van der Waals surface area (Å²) >= 11 is 1.49. The molecule has 6 nitrogen and oxygen atoms in total. The molecule has 1 saturated heterocycles. The van der Waals surface area contributed by atoms with Crippen LogP contribution in [0, 0.1) is 19.8 Å². The molecule has 1 aliphatic rings. The van der Waals surface area contributed by atoms with E-state index in [2.05, 4.69) is 21.5 Å². The van der Waals surface area contributed by atoms with Crippen LogP contribution in [0.3, 0.4) is 0 Å². The highest BCUT2D eigenvalue weighted by molar-refractivity contribution is 14.0. The number of piperidine rings is 1. The fraction of sp³-hybridized carbons (Fsp3) is 0.667. The summed E-state index contributed by atoms with van der Waals surface area (Å²) in [4.78, 5) is 8.54. The summed E-state index contributed by atoms with van der Waals surface area (Å²) in [5.41, 5.74) is 6.00. The van der Waals surface area contributed by atoms with Crippen molar-refractivity contribution in [1.82, 2.24) is 9.62 Å². The summed E-state index contributed by atoms with van der Waals surface area (Å²) in [5, 5.41) is 0. The summed E-state index contributed by atoms with van der Waals surface area (Å²) < 4.78 is 27.1. The van der Waals surface area contributed by atoms with E-state index in [1.54, 1.807) is 6.07 Å². The van der Waals surface area contributed by atoms with Crippen molar-refractivity contribution in [2.24, 2.45) is 16.6 Å². The predicted molar refractivity (Wildman–Crippen MR) is 111 cm³/mol. The molecule has 1 unspecified atom stereocenters. The van der Waals surface area contributed by atoms with Crippen molar-refractivity contribution in [2.75, 3.05) is 26.2 Å². The topological polar surface area (TPSA) is 87.8 Å². The number of thiophene rings is 1. The highest BCUT2D eigenvalue weighted by Gasteiger charge is 2.19. The van der Waals surface area contributed by atoms with Crippen molar-refractivity contribution >= 4 is 51.3 Å². The molecule has 1 atom stereocenters. The zero-order valence-electron chi connectivity index (χ0n) is 14.4. The van der Waals surface area contributed by atoms with E-state index >= 15 is 0 Å². The standard InChI is InChI=1S/C15H26N4O2S2.HI/c1-11-5-4-8-19(10-11)15(16)17-6-7-18-23(20,21)14-9-12(2)22-13(14)3;/h9,11,18H,4-8,10H2,1-3H3,(H2,16,17);1H. The van der Waals surface area contributed by atoms with Crippen molar-refractivity contribution in [2.45, 2.75) is 38.5 Å². The Morgan fingerprint density at radius 3 is 2.79 bits per heavy atom. The van der Waals surface area contributed by atoms with E-state index in [4.69, 9.17) is 5.73 Å². The average molecular weight is 486 g/mol. The van der Waals surface area contributed by atoms with Gasteiger partial charge in [-0.2, -0.15) is 0 Å². The van der Waals surface area contributed by atoms with Crippen molar-refractivity contribution in [3.63, 3.8) is 0 Å². The Morgan fingerprint density at radius 1 is 1.50 bits per heavy atom. The minimum absolute atomic E-state index is 0. The molecule has 2 heterocycles. The number of likely N-dealkylation sites (tertiary alicyclic amines) is 1. The van der Waals surface area contributed by atoms with E-state index in [-0.39, 0.29) is 30.5 Å². The number of guanidine groups is 1. The minimum Gasteiger partial charge on any atom is -0.370 e. The van der Waals surface area contributed by atoms with Gasteiger partial charge in [0, 0.05) is 29.4 Å². The molecule has 1 aliphatic heterocycles.